The molecule has 4 aromatic rings. The number of hydrogen-bond donors (Lipinski definition) is 0. The smallest absolute Gasteiger partial charge is 0.127 e. The summed E-state index contributed by atoms with van der Waals surface area (Å²) in [5.41, 5.74) is 2.16. The van der Waals surface area contributed by atoms with Crippen LogP contribution in [0.1, 0.15) is 13.8 Å². The Morgan fingerprint density at radius 1 is 0.433 bits per heavy atom. The molecule has 0 aliphatic heterocycles. The van der Waals surface area contributed by atoms with Crippen LogP contribution < -0.4 is 14.4 Å². The quantitative estimate of drug-likeness (QED) is 0.328. The van der Waals surface area contributed by atoms with Crippen LogP contribution in [0, 0.1) is 0 Å². The van der Waals surface area contributed by atoms with Crippen LogP contribution in [0.15, 0.2) is 109 Å². The van der Waals surface area contributed by atoms with Gasteiger partial charge in [0.2, 0.25) is 0 Å². The van der Waals surface area contributed by atoms with E-state index in [4.69, 9.17) is 9.47 Å². The Bertz CT molecular complexity index is 913. The van der Waals surface area contributed by atoms with Crippen molar-refractivity contribution in [3.05, 3.63) is 109 Å². The van der Waals surface area contributed by atoms with Gasteiger partial charge in [-0.15, -0.1) is 0 Å². The van der Waals surface area contributed by atoms with Crippen molar-refractivity contribution in [2.75, 3.05) is 11.9 Å². The van der Waals surface area contributed by atoms with E-state index < -0.39 is 0 Å². The van der Waals surface area contributed by atoms with Crippen LogP contribution in [0.2, 0.25) is 0 Å². The van der Waals surface area contributed by atoms with Crippen molar-refractivity contribution < 1.29 is 9.47 Å². The van der Waals surface area contributed by atoms with E-state index in [0.29, 0.717) is 0 Å². The topological polar surface area (TPSA) is 21.7 Å². The summed E-state index contributed by atoms with van der Waals surface area (Å²) in [6.07, 6.45) is 0. The predicted molar refractivity (Wildman–Crippen MR) is 125 cm³/mol. The zero-order valence-electron chi connectivity index (χ0n) is 17.7. The van der Waals surface area contributed by atoms with E-state index in [1.807, 2.05) is 130 Å². The first-order valence-electron chi connectivity index (χ1n) is 10.2. The van der Waals surface area contributed by atoms with Crippen LogP contribution in [0.3, 0.4) is 0 Å². The Morgan fingerprint density at radius 3 is 1.07 bits per heavy atom. The van der Waals surface area contributed by atoms with Gasteiger partial charge < -0.3 is 14.4 Å². The molecule has 0 N–H and O–H groups in total. The Morgan fingerprint density at radius 2 is 0.733 bits per heavy atom. The van der Waals surface area contributed by atoms with E-state index in [0.717, 1.165) is 34.4 Å². The molecule has 30 heavy (non-hydrogen) atoms. The highest BCUT2D eigenvalue weighted by Crippen LogP contribution is 2.30. The van der Waals surface area contributed by atoms with Crippen molar-refractivity contribution in [1.82, 2.24) is 0 Å². The summed E-state index contributed by atoms with van der Waals surface area (Å²) in [7, 11) is 2.04. The van der Waals surface area contributed by atoms with Gasteiger partial charge in [-0.25, -0.2) is 0 Å². The van der Waals surface area contributed by atoms with Crippen molar-refractivity contribution in [2.24, 2.45) is 0 Å². The van der Waals surface area contributed by atoms with Gasteiger partial charge in [-0.2, -0.15) is 0 Å². The summed E-state index contributed by atoms with van der Waals surface area (Å²) in [6.45, 7) is 4.00. The fraction of sp³-hybridized carbons (Fsp3) is 0.111. The molecule has 0 atom stereocenters. The monoisotopic (exact) mass is 397 g/mol. The van der Waals surface area contributed by atoms with Crippen LogP contribution in [-0.4, -0.2) is 7.05 Å². The van der Waals surface area contributed by atoms with Crippen molar-refractivity contribution >= 4 is 11.4 Å². The molecule has 4 rings (SSSR count). The van der Waals surface area contributed by atoms with Crippen LogP contribution >= 0.6 is 0 Å². The molecule has 3 nitrogen and oxygen atoms in total. The summed E-state index contributed by atoms with van der Waals surface area (Å²) in [4.78, 5) is 2.12. The lowest BCUT2D eigenvalue weighted by atomic mass is 10.2. The molecular formula is C27H27NO2. The fourth-order valence-electron chi connectivity index (χ4n) is 2.87. The van der Waals surface area contributed by atoms with E-state index in [9.17, 15) is 0 Å². The largest absolute Gasteiger partial charge is 0.457 e. The second kappa shape index (κ2) is 10.7. The third-order valence-electron chi connectivity index (χ3n) is 4.41. The lowest BCUT2D eigenvalue weighted by Crippen LogP contribution is -2.08. The van der Waals surface area contributed by atoms with Gasteiger partial charge in [0.25, 0.3) is 0 Å². The zero-order valence-corrected chi connectivity index (χ0v) is 17.7. The second-order valence-corrected chi connectivity index (χ2v) is 6.38. The zero-order chi connectivity index (χ0) is 21.2. The van der Waals surface area contributed by atoms with Gasteiger partial charge in [0.15, 0.2) is 0 Å². The molecule has 0 amide bonds. The highest BCUT2D eigenvalue weighted by molar-refractivity contribution is 5.63. The molecule has 0 aliphatic rings. The van der Waals surface area contributed by atoms with E-state index in [2.05, 4.69) is 4.90 Å². The molecule has 0 saturated carbocycles. The first kappa shape index (κ1) is 21.0. The van der Waals surface area contributed by atoms with Crippen molar-refractivity contribution in [3.8, 4) is 23.0 Å². The molecular weight excluding hydrogens is 370 g/mol. The van der Waals surface area contributed by atoms with Crippen molar-refractivity contribution in [3.63, 3.8) is 0 Å². The molecule has 3 heteroatoms. The van der Waals surface area contributed by atoms with Gasteiger partial charge in [-0.05, 0) is 72.8 Å². The number of anilines is 2. The van der Waals surface area contributed by atoms with Crippen molar-refractivity contribution in [2.45, 2.75) is 13.8 Å². The van der Waals surface area contributed by atoms with E-state index in [-0.39, 0.29) is 0 Å². The van der Waals surface area contributed by atoms with Gasteiger partial charge in [-0.3, -0.25) is 0 Å². The number of hydrogen-bond acceptors (Lipinski definition) is 3. The molecule has 4 aromatic carbocycles. The molecule has 152 valence electrons. The third-order valence-corrected chi connectivity index (χ3v) is 4.41. The molecule has 0 aromatic heterocycles. The lowest BCUT2D eigenvalue weighted by Gasteiger charge is -2.20. The van der Waals surface area contributed by atoms with Gasteiger partial charge in [-0.1, -0.05) is 50.2 Å². The summed E-state index contributed by atoms with van der Waals surface area (Å²) in [5.74, 6) is 3.29. The molecule has 0 aliphatic carbocycles. The maximum absolute atomic E-state index is 5.86. The highest BCUT2D eigenvalue weighted by Gasteiger charge is 2.06. The second-order valence-electron chi connectivity index (χ2n) is 6.38. The highest BCUT2D eigenvalue weighted by atomic mass is 16.5. The third kappa shape index (κ3) is 5.65. The summed E-state index contributed by atoms with van der Waals surface area (Å²) in [6, 6.07) is 35.7. The Labute approximate surface area is 179 Å². The molecule has 0 spiro atoms. The molecule has 0 saturated heterocycles. The Kier molecular flexibility index (Phi) is 7.51. The van der Waals surface area contributed by atoms with E-state index in [1.54, 1.807) is 0 Å². The van der Waals surface area contributed by atoms with Crippen LogP contribution in [-0.2, 0) is 0 Å². The van der Waals surface area contributed by atoms with Gasteiger partial charge in [0.1, 0.15) is 23.0 Å². The number of rotatable bonds is 6. The number of ether oxygens (including phenoxy) is 2. The maximum atomic E-state index is 5.86. The normalized spacial score (nSPS) is 9.83. The first-order valence-corrected chi connectivity index (χ1v) is 10.2. The standard InChI is InChI=1S/C25H21NO2.C2H6/c1-26(20-12-16-24(17-13-20)27-22-8-4-2-5-9-22)21-14-18-25(19-15-21)28-23-10-6-3-7-11-23;1-2/h2-19H,1H3;1-2H3. The van der Waals surface area contributed by atoms with Crippen LogP contribution in [0.25, 0.3) is 0 Å². The van der Waals surface area contributed by atoms with Crippen LogP contribution in [0.5, 0.6) is 23.0 Å². The molecule has 0 radical (unpaired) electrons. The maximum Gasteiger partial charge on any atom is 0.127 e. The van der Waals surface area contributed by atoms with E-state index in [1.165, 1.54) is 0 Å². The lowest BCUT2D eigenvalue weighted by molar-refractivity contribution is 0.482. The SMILES string of the molecule is CC.CN(c1ccc(Oc2ccccc2)cc1)c1ccc(Oc2ccccc2)cc1. The van der Waals surface area contributed by atoms with Gasteiger partial charge >= 0.3 is 0 Å². The fourth-order valence-corrected chi connectivity index (χ4v) is 2.87. The minimum atomic E-state index is 0.815. The predicted octanol–water partition coefficient (Wildman–Crippen LogP) is 8.07. The number of benzene rings is 4. The summed E-state index contributed by atoms with van der Waals surface area (Å²) < 4.78 is 11.7. The van der Waals surface area contributed by atoms with E-state index >= 15 is 0 Å². The first-order chi connectivity index (χ1) is 14.8. The molecule has 0 heterocycles. The minimum absolute atomic E-state index is 0.815. The average Bonchev–Trinajstić information content (AvgIpc) is 2.82. The minimum Gasteiger partial charge on any atom is -0.457 e. The summed E-state index contributed by atoms with van der Waals surface area (Å²) >= 11 is 0. The average molecular weight is 398 g/mol. The molecule has 0 unspecified atom stereocenters. The van der Waals surface area contributed by atoms with Gasteiger partial charge in [0, 0.05) is 18.4 Å². The molecule has 0 fully saturated rings. The van der Waals surface area contributed by atoms with Gasteiger partial charge in [0.05, 0.1) is 0 Å². The molecule has 0 bridgehead atoms. The van der Waals surface area contributed by atoms with Crippen LogP contribution in [0.4, 0.5) is 11.4 Å². The Hall–Kier alpha value is -3.72. The number of para-hydroxylation sites is 2. The number of nitrogens with zero attached hydrogens (tertiary/aromatic N) is 1. The van der Waals surface area contributed by atoms with Crippen molar-refractivity contribution in [1.29, 1.82) is 0 Å². The Balaban J connectivity index is 0.00000124. The summed E-state index contributed by atoms with van der Waals surface area (Å²) in [5, 5.41) is 0.